The van der Waals surface area contributed by atoms with Crippen molar-refractivity contribution in [1.82, 2.24) is 9.97 Å². The lowest BCUT2D eigenvalue weighted by atomic mass is 10.1. The standard InChI is InChI=1S/C22H18N2O5S/c1-14-7-10-16(11-8-14)30(26,27)29-19-12-9-15(13-20(19)28-2)21-23-18-6-4-3-5-17(18)22(25)24-21/h3-13H,1-2H3,(H,23,24,25). The van der Waals surface area contributed by atoms with Crippen LogP contribution >= 0.6 is 0 Å². The summed E-state index contributed by atoms with van der Waals surface area (Å²) in [6.45, 7) is 1.87. The molecule has 4 aromatic rings. The van der Waals surface area contributed by atoms with Gasteiger partial charge in [-0.05, 0) is 49.4 Å². The molecule has 1 aromatic heterocycles. The fourth-order valence-corrected chi connectivity index (χ4v) is 3.92. The predicted molar refractivity (Wildman–Crippen MR) is 113 cm³/mol. The summed E-state index contributed by atoms with van der Waals surface area (Å²) in [6.07, 6.45) is 0. The van der Waals surface area contributed by atoms with E-state index in [0.29, 0.717) is 22.3 Å². The summed E-state index contributed by atoms with van der Waals surface area (Å²) >= 11 is 0. The van der Waals surface area contributed by atoms with Crippen LogP contribution in [0.3, 0.4) is 0 Å². The highest BCUT2D eigenvalue weighted by atomic mass is 32.2. The zero-order valence-electron chi connectivity index (χ0n) is 16.2. The summed E-state index contributed by atoms with van der Waals surface area (Å²) in [5.41, 5.74) is 1.77. The van der Waals surface area contributed by atoms with Crippen LogP contribution in [0.25, 0.3) is 22.3 Å². The average Bonchev–Trinajstić information content (AvgIpc) is 2.74. The van der Waals surface area contributed by atoms with Gasteiger partial charge in [-0.1, -0.05) is 29.8 Å². The maximum absolute atomic E-state index is 12.6. The maximum Gasteiger partial charge on any atom is 0.339 e. The minimum absolute atomic E-state index is 0.0324. The first kappa shape index (κ1) is 19.7. The molecule has 30 heavy (non-hydrogen) atoms. The third kappa shape index (κ3) is 3.77. The van der Waals surface area contributed by atoms with E-state index in [-0.39, 0.29) is 22.0 Å². The van der Waals surface area contributed by atoms with E-state index >= 15 is 0 Å². The molecule has 7 nitrogen and oxygen atoms in total. The first-order valence-corrected chi connectivity index (χ1v) is 10.5. The molecule has 152 valence electrons. The molecular formula is C22H18N2O5S. The Balaban J connectivity index is 1.72. The fourth-order valence-electron chi connectivity index (χ4n) is 2.98. The van der Waals surface area contributed by atoms with Gasteiger partial charge in [-0.3, -0.25) is 4.79 Å². The second-order valence-corrected chi connectivity index (χ2v) is 8.19. The lowest BCUT2D eigenvalue weighted by Crippen LogP contribution is -2.11. The van der Waals surface area contributed by atoms with Crippen molar-refractivity contribution in [3.05, 3.63) is 82.6 Å². The first-order chi connectivity index (χ1) is 14.4. The number of methoxy groups -OCH3 is 1. The van der Waals surface area contributed by atoms with Crippen molar-refractivity contribution in [2.45, 2.75) is 11.8 Å². The Kier molecular flexibility index (Phi) is 5.01. The quantitative estimate of drug-likeness (QED) is 0.493. The maximum atomic E-state index is 12.6. The third-order valence-electron chi connectivity index (χ3n) is 4.56. The minimum atomic E-state index is -4.03. The van der Waals surface area contributed by atoms with Gasteiger partial charge in [0.25, 0.3) is 5.56 Å². The van der Waals surface area contributed by atoms with E-state index in [9.17, 15) is 13.2 Å². The van der Waals surface area contributed by atoms with Crippen LogP contribution in [0.4, 0.5) is 0 Å². The van der Waals surface area contributed by atoms with Gasteiger partial charge in [0.2, 0.25) is 0 Å². The van der Waals surface area contributed by atoms with Gasteiger partial charge in [-0.15, -0.1) is 0 Å². The average molecular weight is 422 g/mol. The molecule has 8 heteroatoms. The van der Waals surface area contributed by atoms with Gasteiger partial charge in [0.05, 0.1) is 18.0 Å². The Morgan fingerprint density at radius 1 is 0.933 bits per heavy atom. The lowest BCUT2D eigenvalue weighted by molar-refractivity contribution is 0.390. The number of aromatic amines is 1. The number of aromatic nitrogens is 2. The molecule has 0 saturated carbocycles. The van der Waals surface area contributed by atoms with Crippen molar-refractivity contribution in [2.24, 2.45) is 0 Å². The molecule has 1 N–H and O–H groups in total. The summed E-state index contributed by atoms with van der Waals surface area (Å²) in [6, 6.07) is 18.0. The van der Waals surface area contributed by atoms with E-state index in [4.69, 9.17) is 8.92 Å². The number of benzene rings is 3. The van der Waals surface area contributed by atoms with Crippen molar-refractivity contribution in [2.75, 3.05) is 7.11 Å². The monoisotopic (exact) mass is 422 g/mol. The Labute approximate surface area is 173 Å². The van der Waals surface area contributed by atoms with Crippen molar-refractivity contribution in [1.29, 1.82) is 0 Å². The zero-order chi connectivity index (χ0) is 21.3. The van der Waals surface area contributed by atoms with Crippen LogP contribution in [0.1, 0.15) is 5.56 Å². The molecule has 0 aliphatic carbocycles. The molecule has 0 aliphatic heterocycles. The van der Waals surface area contributed by atoms with Crippen molar-refractivity contribution in [3.8, 4) is 22.9 Å². The van der Waals surface area contributed by atoms with Crippen molar-refractivity contribution < 1.29 is 17.3 Å². The van der Waals surface area contributed by atoms with E-state index in [2.05, 4.69) is 9.97 Å². The molecule has 1 heterocycles. The van der Waals surface area contributed by atoms with Crippen LogP contribution in [-0.2, 0) is 10.1 Å². The SMILES string of the molecule is COc1cc(-c2nc3ccccc3c(=O)[nH]2)ccc1OS(=O)(=O)c1ccc(C)cc1. The molecule has 0 amide bonds. The van der Waals surface area contributed by atoms with E-state index in [1.165, 1.54) is 25.3 Å². The molecule has 4 rings (SSSR count). The lowest BCUT2D eigenvalue weighted by Gasteiger charge is -2.12. The van der Waals surface area contributed by atoms with Crippen LogP contribution in [0.15, 0.2) is 76.4 Å². The highest BCUT2D eigenvalue weighted by molar-refractivity contribution is 7.87. The van der Waals surface area contributed by atoms with Crippen LogP contribution < -0.4 is 14.5 Å². The smallest absolute Gasteiger partial charge is 0.339 e. The number of ether oxygens (including phenoxy) is 1. The Bertz CT molecular complexity index is 1390. The minimum Gasteiger partial charge on any atom is -0.493 e. The number of para-hydroxylation sites is 1. The Morgan fingerprint density at radius 2 is 1.67 bits per heavy atom. The number of hydrogen-bond donors (Lipinski definition) is 1. The second kappa shape index (κ2) is 7.64. The molecule has 0 unspecified atom stereocenters. The summed E-state index contributed by atoms with van der Waals surface area (Å²) in [7, 11) is -2.63. The molecule has 0 radical (unpaired) electrons. The largest absolute Gasteiger partial charge is 0.493 e. The van der Waals surface area contributed by atoms with Crippen molar-refractivity contribution >= 4 is 21.0 Å². The number of H-pyrrole nitrogens is 1. The van der Waals surface area contributed by atoms with Crippen LogP contribution in [0.2, 0.25) is 0 Å². The van der Waals surface area contributed by atoms with Gasteiger partial charge < -0.3 is 13.9 Å². The van der Waals surface area contributed by atoms with Gasteiger partial charge in [0.1, 0.15) is 10.7 Å². The molecular weight excluding hydrogens is 404 g/mol. The molecule has 0 aliphatic rings. The molecule has 0 atom stereocenters. The van der Waals surface area contributed by atoms with E-state index in [1.807, 2.05) is 6.92 Å². The van der Waals surface area contributed by atoms with Gasteiger partial charge in [-0.2, -0.15) is 8.42 Å². The first-order valence-electron chi connectivity index (χ1n) is 9.06. The summed E-state index contributed by atoms with van der Waals surface area (Å²) < 4.78 is 35.8. The molecule has 0 fully saturated rings. The molecule has 0 saturated heterocycles. The summed E-state index contributed by atoms with van der Waals surface area (Å²) in [5.74, 6) is 0.564. The number of aryl methyl sites for hydroxylation is 1. The molecule has 0 bridgehead atoms. The van der Waals surface area contributed by atoms with Gasteiger partial charge in [0, 0.05) is 5.56 Å². The highest BCUT2D eigenvalue weighted by Gasteiger charge is 2.20. The second-order valence-electron chi connectivity index (χ2n) is 6.65. The normalized spacial score (nSPS) is 11.4. The van der Waals surface area contributed by atoms with Gasteiger partial charge in [0.15, 0.2) is 11.5 Å². The zero-order valence-corrected chi connectivity index (χ0v) is 17.1. The van der Waals surface area contributed by atoms with Gasteiger partial charge >= 0.3 is 10.1 Å². The highest BCUT2D eigenvalue weighted by Crippen LogP contribution is 2.33. The number of hydrogen-bond acceptors (Lipinski definition) is 6. The fraction of sp³-hybridized carbons (Fsp3) is 0.0909. The third-order valence-corrected chi connectivity index (χ3v) is 5.81. The Hall–Kier alpha value is -3.65. The number of rotatable bonds is 5. The van der Waals surface area contributed by atoms with Crippen LogP contribution in [0.5, 0.6) is 11.5 Å². The summed E-state index contributed by atoms with van der Waals surface area (Å²) in [4.78, 5) is 19.6. The van der Waals surface area contributed by atoms with E-state index < -0.39 is 10.1 Å². The van der Waals surface area contributed by atoms with Crippen LogP contribution in [-0.4, -0.2) is 25.5 Å². The number of fused-ring (bicyclic) bond motifs is 1. The summed E-state index contributed by atoms with van der Waals surface area (Å²) in [5, 5.41) is 0.484. The van der Waals surface area contributed by atoms with Crippen LogP contribution in [0, 0.1) is 6.92 Å². The van der Waals surface area contributed by atoms with Crippen molar-refractivity contribution in [3.63, 3.8) is 0 Å². The van der Waals surface area contributed by atoms with Gasteiger partial charge in [-0.25, -0.2) is 4.98 Å². The predicted octanol–water partition coefficient (Wildman–Crippen LogP) is 3.67. The topological polar surface area (TPSA) is 98.3 Å². The Morgan fingerprint density at radius 3 is 2.40 bits per heavy atom. The number of nitrogens with zero attached hydrogens (tertiary/aromatic N) is 1. The molecule has 3 aromatic carbocycles. The van der Waals surface area contributed by atoms with E-state index in [1.54, 1.807) is 48.5 Å². The number of nitrogens with one attached hydrogen (secondary N) is 1. The molecule has 0 spiro atoms. The van der Waals surface area contributed by atoms with E-state index in [0.717, 1.165) is 5.56 Å².